The van der Waals surface area contributed by atoms with E-state index in [1.165, 1.54) is 33.9 Å². The Morgan fingerprint density at radius 1 is 1.07 bits per heavy atom. The van der Waals surface area contributed by atoms with E-state index in [1.807, 2.05) is 18.2 Å². The summed E-state index contributed by atoms with van der Waals surface area (Å²) in [6.07, 6.45) is 2.55. The predicted octanol–water partition coefficient (Wildman–Crippen LogP) is 2.10. The second kappa shape index (κ2) is 6.85. The first-order chi connectivity index (χ1) is 13.4. The van der Waals surface area contributed by atoms with Crippen LogP contribution < -0.4 is 4.72 Å². The quantitative estimate of drug-likeness (QED) is 0.551. The van der Waals surface area contributed by atoms with Crippen LogP contribution >= 0.6 is 0 Å². The van der Waals surface area contributed by atoms with Crippen molar-refractivity contribution in [3.05, 3.63) is 72.6 Å². The molecule has 0 spiro atoms. The molecule has 2 heterocycles. The van der Waals surface area contributed by atoms with E-state index in [-0.39, 0.29) is 10.6 Å². The number of nitrogens with zero attached hydrogens (tertiary/aromatic N) is 6. The molecule has 28 heavy (non-hydrogen) atoms. The van der Waals surface area contributed by atoms with Crippen molar-refractivity contribution in [2.75, 3.05) is 4.72 Å². The third-order valence-electron chi connectivity index (χ3n) is 3.95. The van der Waals surface area contributed by atoms with Crippen molar-refractivity contribution < 1.29 is 12.8 Å². The Morgan fingerprint density at radius 3 is 2.57 bits per heavy atom. The van der Waals surface area contributed by atoms with Gasteiger partial charge in [0.25, 0.3) is 10.0 Å². The standard InChI is InChI=1S/C17H14FN7O2S/c1-12-20-22-23-25(12)14-7-8-16(18)17(9-14)21-28(26,27)15-10-19-24(11-15)13-5-3-2-4-6-13/h2-11,21H,1H3. The van der Waals surface area contributed by atoms with Crippen LogP contribution in [0.1, 0.15) is 5.82 Å². The SMILES string of the molecule is Cc1nnnn1-c1ccc(F)c(NS(=O)(=O)c2cnn(-c3ccccc3)c2)c1. The number of halogens is 1. The number of aromatic nitrogens is 6. The molecule has 0 atom stereocenters. The van der Waals surface area contributed by atoms with Crippen LogP contribution in [0.15, 0.2) is 65.8 Å². The summed E-state index contributed by atoms with van der Waals surface area (Å²) in [5, 5.41) is 15.1. The molecule has 2 aromatic carbocycles. The van der Waals surface area contributed by atoms with Crippen LogP contribution in [0.4, 0.5) is 10.1 Å². The largest absolute Gasteiger partial charge is 0.276 e. The molecule has 0 saturated carbocycles. The number of para-hydroxylation sites is 1. The molecular weight excluding hydrogens is 385 g/mol. The van der Waals surface area contributed by atoms with E-state index >= 15 is 0 Å². The second-order valence-electron chi connectivity index (χ2n) is 5.86. The van der Waals surface area contributed by atoms with Crippen molar-refractivity contribution in [1.29, 1.82) is 0 Å². The van der Waals surface area contributed by atoms with Gasteiger partial charge in [-0.15, -0.1) is 5.10 Å². The molecule has 0 aliphatic carbocycles. The highest BCUT2D eigenvalue weighted by atomic mass is 32.2. The highest BCUT2D eigenvalue weighted by Gasteiger charge is 2.20. The predicted molar refractivity (Wildman–Crippen MR) is 98.2 cm³/mol. The molecule has 2 aromatic heterocycles. The maximum absolute atomic E-state index is 14.2. The Bertz CT molecular complexity index is 1240. The van der Waals surface area contributed by atoms with Crippen LogP contribution in [0.25, 0.3) is 11.4 Å². The number of benzene rings is 2. The van der Waals surface area contributed by atoms with Gasteiger partial charge in [0.15, 0.2) is 5.82 Å². The summed E-state index contributed by atoms with van der Waals surface area (Å²) >= 11 is 0. The van der Waals surface area contributed by atoms with Crippen LogP contribution in [0.2, 0.25) is 0 Å². The summed E-state index contributed by atoms with van der Waals surface area (Å²) in [4.78, 5) is -0.0974. The summed E-state index contributed by atoms with van der Waals surface area (Å²) in [5.41, 5.74) is 0.896. The fraction of sp³-hybridized carbons (Fsp3) is 0.0588. The number of aryl methyl sites for hydroxylation is 1. The van der Waals surface area contributed by atoms with Crippen molar-refractivity contribution >= 4 is 15.7 Å². The monoisotopic (exact) mass is 399 g/mol. The third-order valence-corrected chi connectivity index (χ3v) is 5.27. The van der Waals surface area contributed by atoms with Gasteiger partial charge in [-0.3, -0.25) is 4.72 Å². The van der Waals surface area contributed by atoms with E-state index in [0.29, 0.717) is 17.2 Å². The molecule has 0 saturated heterocycles. The van der Waals surface area contributed by atoms with Crippen molar-refractivity contribution in [3.8, 4) is 11.4 Å². The van der Waals surface area contributed by atoms with Gasteiger partial charge < -0.3 is 0 Å². The summed E-state index contributed by atoms with van der Waals surface area (Å²) in [7, 11) is -4.05. The molecule has 9 nitrogen and oxygen atoms in total. The minimum absolute atomic E-state index is 0.0974. The summed E-state index contributed by atoms with van der Waals surface area (Å²) in [6.45, 7) is 1.67. The van der Waals surface area contributed by atoms with Gasteiger partial charge in [-0.2, -0.15) is 9.78 Å². The molecule has 4 rings (SSSR count). The van der Waals surface area contributed by atoms with Crippen molar-refractivity contribution in [2.45, 2.75) is 11.8 Å². The summed E-state index contributed by atoms with van der Waals surface area (Å²) in [6, 6.07) is 12.9. The molecule has 0 aliphatic rings. The Labute approximate surface area is 159 Å². The van der Waals surface area contributed by atoms with Crippen molar-refractivity contribution in [3.63, 3.8) is 0 Å². The van der Waals surface area contributed by atoms with Gasteiger partial charge in [0.2, 0.25) is 0 Å². The molecular formula is C17H14FN7O2S. The van der Waals surface area contributed by atoms with E-state index in [2.05, 4.69) is 25.3 Å². The smallest absolute Gasteiger partial charge is 0.265 e. The Hall–Kier alpha value is -3.60. The van der Waals surface area contributed by atoms with Gasteiger partial charge in [-0.05, 0) is 47.7 Å². The van der Waals surface area contributed by atoms with Gasteiger partial charge >= 0.3 is 0 Å². The van der Waals surface area contributed by atoms with Crippen LogP contribution in [0.5, 0.6) is 0 Å². The average Bonchev–Trinajstić information content (AvgIpc) is 3.34. The van der Waals surface area contributed by atoms with Gasteiger partial charge in [-0.25, -0.2) is 17.5 Å². The Balaban J connectivity index is 1.65. The molecule has 1 N–H and O–H groups in total. The maximum Gasteiger partial charge on any atom is 0.265 e. The number of nitrogens with one attached hydrogen (secondary N) is 1. The number of anilines is 1. The first-order valence-corrected chi connectivity index (χ1v) is 9.60. The van der Waals surface area contributed by atoms with Crippen LogP contribution in [-0.4, -0.2) is 38.4 Å². The highest BCUT2D eigenvalue weighted by molar-refractivity contribution is 7.92. The zero-order chi connectivity index (χ0) is 19.7. The summed E-state index contributed by atoms with van der Waals surface area (Å²) in [5.74, 6) is -0.252. The maximum atomic E-state index is 14.2. The van der Waals surface area contributed by atoms with Crippen LogP contribution in [-0.2, 0) is 10.0 Å². The number of rotatable bonds is 5. The first kappa shape index (κ1) is 17.8. The number of sulfonamides is 1. The zero-order valence-corrected chi connectivity index (χ0v) is 15.4. The third kappa shape index (κ3) is 3.34. The van der Waals surface area contributed by atoms with Crippen molar-refractivity contribution in [2.24, 2.45) is 0 Å². The molecule has 142 valence electrons. The molecule has 0 radical (unpaired) electrons. The second-order valence-corrected chi connectivity index (χ2v) is 7.55. The lowest BCUT2D eigenvalue weighted by atomic mass is 10.2. The lowest BCUT2D eigenvalue weighted by Gasteiger charge is -2.09. The van der Waals surface area contributed by atoms with E-state index < -0.39 is 15.8 Å². The normalized spacial score (nSPS) is 11.5. The molecule has 0 unspecified atom stereocenters. The van der Waals surface area contributed by atoms with Gasteiger partial charge in [0.05, 0.1) is 29.5 Å². The Kier molecular flexibility index (Phi) is 4.35. The molecule has 0 fully saturated rings. The summed E-state index contributed by atoms with van der Waals surface area (Å²) < 4.78 is 44.6. The molecule has 0 amide bonds. The molecule has 0 aliphatic heterocycles. The van der Waals surface area contributed by atoms with Gasteiger partial charge in [0.1, 0.15) is 10.7 Å². The minimum atomic E-state index is -4.05. The number of tetrazole rings is 1. The van der Waals surface area contributed by atoms with Gasteiger partial charge in [0, 0.05) is 0 Å². The van der Waals surface area contributed by atoms with E-state index in [0.717, 1.165) is 6.07 Å². The minimum Gasteiger partial charge on any atom is -0.276 e. The fourth-order valence-electron chi connectivity index (χ4n) is 2.56. The molecule has 0 bridgehead atoms. The zero-order valence-electron chi connectivity index (χ0n) is 14.6. The molecule has 11 heteroatoms. The van der Waals surface area contributed by atoms with E-state index in [9.17, 15) is 12.8 Å². The van der Waals surface area contributed by atoms with Crippen LogP contribution in [0.3, 0.4) is 0 Å². The van der Waals surface area contributed by atoms with E-state index in [1.54, 1.807) is 19.1 Å². The average molecular weight is 399 g/mol. The lowest BCUT2D eigenvalue weighted by molar-refractivity contribution is 0.598. The first-order valence-electron chi connectivity index (χ1n) is 8.12. The number of hydrogen-bond donors (Lipinski definition) is 1. The fourth-order valence-corrected chi connectivity index (χ4v) is 3.55. The molecule has 4 aromatic rings. The highest BCUT2D eigenvalue weighted by Crippen LogP contribution is 2.23. The van der Waals surface area contributed by atoms with Gasteiger partial charge in [-0.1, -0.05) is 18.2 Å². The van der Waals surface area contributed by atoms with E-state index in [4.69, 9.17) is 0 Å². The van der Waals surface area contributed by atoms with Crippen molar-refractivity contribution in [1.82, 2.24) is 30.0 Å². The van der Waals surface area contributed by atoms with Crippen LogP contribution in [0, 0.1) is 12.7 Å². The number of hydrogen-bond acceptors (Lipinski definition) is 6. The Morgan fingerprint density at radius 2 is 1.86 bits per heavy atom. The lowest BCUT2D eigenvalue weighted by Crippen LogP contribution is -2.14. The topological polar surface area (TPSA) is 108 Å².